The summed E-state index contributed by atoms with van der Waals surface area (Å²) in [7, 11) is 0. The Bertz CT molecular complexity index is 771. The van der Waals surface area contributed by atoms with Crippen LogP contribution in [0.2, 0.25) is 0 Å². The predicted octanol–water partition coefficient (Wildman–Crippen LogP) is 4.22. The van der Waals surface area contributed by atoms with Crippen LogP contribution in [0, 0.1) is 5.92 Å². The minimum atomic E-state index is -0.871. The van der Waals surface area contributed by atoms with Crippen molar-refractivity contribution in [2.75, 3.05) is 13.1 Å². The minimum Gasteiger partial charge on any atom is -0.490 e. The number of para-hydroxylation sites is 1. The fourth-order valence-corrected chi connectivity index (χ4v) is 3.66. The van der Waals surface area contributed by atoms with Crippen molar-refractivity contribution in [1.29, 1.82) is 0 Å². The van der Waals surface area contributed by atoms with Crippen LogP contribution in [0.3, 0.4) is 0 Å². The van der Waals surface area contributed by atoms with Gasteiger partial charge in [0, 0.05) is 23.1 Å². The number of aliphatic carboxylic acids is 1. The summed E-state index contributed by atoms with van der Waals surface area (Å²) in [6.07, 6.45) is 1.02. The Morgan fingerprint density at radius 3 is 2.30 bits per heavy atom. The highest BCUT2D eigenvalue weighted by atomic mass is 79.9. The van der Waals surface area contributed by atoms with Crippen LogP contribution in [0.5, 0.6) is 5.75 Å². The molecule has 0 bridgehead atoms. The van der Waals surface area contributed by atoms with Crippen molar-refractivity contribution >= 4 is 27.8 Å². The maximum absolute atomic E-state index is 12.6. The quantitative estimate of drug-likeness (QED) is 0.742. The van der Waals surface area contributed by atoms with Gasteiger partial charge in [0.2, 0.25) is 0 Å². The predicted molar refractivity (Wildman–Crippen MR) is 106 cm³/mol. The molecule has 1 N–H and O–H groups in total. The van der Waals surface area contributed by atoms with Gasteiger partial charge in [0.05, 0.1) is 6.42 Å². The first-order chi connectivity index (χ1) is 13.0. The van der Waals surface area contributed by atoms with Crippen molar-refractivity contribution in [2.24, 2.45) is 5.92 Å². The fourth-order valence-electron chi connectivity index (χ4n) is 3.40. The van der Waals surface area contributed by atoms with E-state index in [1.165, 1.54) is 0 Å². The summed E-state index contributed by atoms with van der Waals surface area (Å²) >= 11 is 3.37. The fraction of sp³-hybridized carbons (Fsp3) is 0.333. The molecule has 1 heterocycles. The summed E-state index contributed by atoms with van der Waals surface area (Å²) in [4.78, 5) is 25.8. The first kappa shape index (κ1) is 19.4. The summed E-state index contributed by atoms with van der Waals surface area (Å²) in [5.74, 6) is -0.0728. The molecule has 0 aromatic heterocycles. The highest BCUT2D eigenvalue weighted by Gasteiger charge is 2.31. The lowest BCUT2D eigenvalue weighted by molar-refractivity contribution is -0.139. The van der Waals surface area contributed by atoms with Gasteiger partial charge in [-0.3, -0.25) is 9.59 Å². The largest absolute Gasteiger partial charge is 0.490 e. The Kier molecular flexibility index (Phi) is 6.50. The average molecular weight is 432 g/mol. The van der Waals surface area contributed by atoms with Crippen molar-refractivity contribution < 1.29 is 19.4 Å². The molecule has 0 saturated carbocycles. The number of hydrogen-bond acceptors (Lipinski definition) is 3. The number of amides is 1. The smallest absolute Gasteiger partial charge is 0.307 e. The van der Waals surface area contributed by atoms with Crippen molar-refractivity contribution in [3.8, 4) is 5.75 Å². The first-order valence-electron chi connectivity index (χ1n) is 9.01. The molecular formula is C21H22BrNO4. The number of hydrogen-bond donors (Lipinski definition) is 1. The number of carboxylic acids is 1. The van der Waals surface area contributed by atoms with E-state index in [9.17, 15) is 14.7 Å². The molecule has 2 aromatic rings. The van der Waals surface area contributed by atoms with Gasteiger partial charge < -0.3 is 14.7 Å². The van der Waals surface area contributed by atoms with Gasteiger partial charge in [0.1, 0.15) is 11.9 Å². The Labute approximate surface area is 167 Å². The Hall–Kier alpha value is -2.34. The molecule has 5 nitrogen and oxygen atoms in total. The molecule has 0 spiro atoms. The molecule has 27 heavy (non-hydrogen) atoms. The van der Waals surface area contributed by atoms with Crippen LogP contribution < -0.4 is 4.74 Å². The Morgan fingerprint density at radius 2 is 1.70 bits per heavy atom. The second-order valence-corrected chi connectivity index (χ2v) is 7.62. The number of likely N-dealkylation sites (tertiary alicyclic amines) is 1. The third-order valence-electron chi connectivity index (χ3n) is 4.85. The SMILES string of the molecule is O=C(O)CC(Oc1ccccc1)C1CCN(C(=O)c2ccc(Br)cc2)CC1. The summed E-state index contributed by atoms with van der Waals surface area (Å²) in [6, 6.07) is 16.6. The van der Waals surface area contributed by atoms with E-state index in [0.717, 1.165) is 17.3 Å². The normalized spacial score (nSPS) is 16.0. The van der Waals surface area contributed by atoms with Crippen LogP contribution in [0.15, 0.2) is 59.1 Å². The van der Waals surface area contributed by atoms with E-state index in [1.54, 1.807) is 0 Å². The van der Waals surface area contributed by atoms with Gasteiger partial charge in [0.15, 0.2) is 0 Å². The summed E-state index contributed by atoms with van der Waals surface area (Å²) in [5, 5.41) is 9.26. The highest BCUT2D eigenvalue weighted by Crippen LogP contribution is 2.27. The van der Waals surface area contributed by atoms with Crippen LogP contribution in [0.25, 0.3) is 0 Å². The molecule has 142 valence electrons. The number of carboxylic acid groups (broad SMARTS) is 1. The number of carbonyl (C=O) groups is 2. The number of ether oxygens (including phenoxy) is 1. The molecule has 0 radical (unpaired) electrons. The number of benzene rings is 2. The highest BCUT2D eigenvalue weighted by molar-refractivity contribution is 9.10. The van der Waals surface area contributed by atoms with Crippen LogP contribution in [0.4, 0.5) is 0 Å². The summed E-state index contributed by atoms with van der Waals surface area (Å²) in [6.45, 7) is 1.21. The molecule has 1 fully saturated rings. The van der Waals surface area contributed by atoms with Crippen molar-refractivity contribution in [2.45, 2.75) is 25.4 Å². The van der Waals surface area contributed by atoms with E-state index in [-0.39, 0.29) is 18.2 Å². The van der Waals surface area contributed by atoms with E-state index in [0.29, 0.717) is 24.4 Å². The lowest BCUT2D eigenvalue weighted by Gasteiger charge is -2.35. The van der Waals surface area contributed by atoms with Crippen LogP contribution in [-0.4, -0.2) is 41.1 Å². The van der Waals surface area contributed by atoms with Gasteiger partial charge in [0.25, 0.3) is 5.91 Å². The van der Waals surface area contributed by atoms with Gasteiger partial charge in [-0.15, -0.1) is 0 Å². The van der Waals surface area contributed by atoms with Crippen LogP contribution in [-0.2, 0) is 4.79 Å². The summed E-state index contributed by atoms with van der Waals surface area (Å²) < 4.78 is 6.91. The third-order valence-corrected chi connectivity index (χ3v) is 5.38. The molecular weight excluding hydrogens is 410 g/mol. The lowest BCUT2D eigenvalue weighted by Crippen LogP contribution is -2.43. The second-order valence-electron chi connectivity index (χ2n) is 6.70. The lowest BCUT2D eigenvalue weighted by atomic mass is 9.89. The molecule has 2 aromatic carbocycles. The van der Waals surface area contributed by atoms with Crippen molar-refractivity contribution in [3.05, 3.63) is 64.6 Å². The number of nitrogens with zero attached hydrogens (tertiary/aromatic N) is 1. The van der Waals surface area contributed by atoms with Gasteiger partial charge >= 0.3 is 5.97 Å². The monoisotopic (exact) mass is 431 g/mol. The molecule has 6 heteroatoms. The zero-order valence-corrected chi connectivity index (χ0v) is 16.5. The number of rotatable bonds is 6. The summed E-state index contributed by atoms with van der Waals surface area (Å²) in [5.41, 5.74) is 0.666. The van der Waals surface area contributed by atoms with E-state index < -0.39 is 12.1 Å². The van der Waals surface area contributed by atoms with Crippen LogP contribution in [0.1, 0.15) is 29.6 Å². The third kappa shape index (κ3) is 5.32. The van der Waals surface area contributed by atoms with E-state index in [2.05, 4.69) is 15.9 Å². The van der Waals surface area contributed by atoms with Crippen molar-refractivity contribution in [3.63, 3.8) is 0 Å². The number of carbonyl (C=O) groups excluding carboxylic acids is 1. The standard InChI is InChI=1S/C21H22BrNO4/c22-17-8-6-16(7-9-17)21(26)23-12-10-15(11-13-23)19(14-20(24)25)27-18-4-2-1-3-5-18/h1-9,15,19H,10-14H2,(H,24,25). The number of piperidine rings is 1. The zero-order valence-electron chi connectivity index (χ0n) is 14.9. The van der Waals surface area contributed by atoms with Gasteiger partial charge in [-0.1, -0.05) is 34.1 Å². The van der Waals surface area contributed by atoms with E-state index in [1.807, 2.05) is 59.5 Å². The second kappa shape index (κ2) is 9.04. The van der Waals surface area contributed by atoms with Gasteiger partial charge in [-0.25, -0.2) is 0 Å². The number of halogens is 1. The molecule has 1 unspecified atom stereocenters. The Morgan fingerprint density at radius 1 is 1.07 bits per heavy atom. The maximum Gasteiger partial charge on any atom is 0.307 e. The van der Waals surface area contributed by atoms with E-state index in [4.69, 9.17) is 4.74 Å². The minimum absolute atomic E-state index is 0.0136. The van der Waals surface area contributed by atoms with Gasteiger partial charge in [-0.05, 0) is 55.2 Å². The molecule has 1 atom stereocenters. The average Bonchev–Trinajstić information content (AvgIpc) is 2.68. The molecule has 1 saturated heterocycles. The Balaban J connectivity index is 1.62. The van der Waals surface area contributed by atoms with E-state index >= 15 is 0 Å². The molecule has 1 aliphatic heterocycles. The molecule has 3 rings (SSSR count). The van der Waals surface area contributed by atoms with Gasteiger partial charge in [-0.2, -0.15) is 0 Å². The zero-order chi connectivity index (χ0) is 19.2. The molecule has 0 aliphatic carbocycles. The molecule has 1 aliphatic rings. The topological polar surface area (TPSA) is 66.8 Å². The molecule has 1 amide bonds. The van der Waals surface area contributed by atoms with Crippen molar-refractivity contribution in [1.82, 2.24) is 4.90 Å². The first-order valence-corrected chi connectivity index (χ1v) is 9.80. The maximum atomic E-state index is 12.6. The van der Waals surface area contributed by atoms with Crippen LogP contribution >= 0.6 is 15.9 Å².